The number of benzene rings is 1. The summed E-state index contributed by atoms with van der Waals surface area (Å²) in [5, 5.41) is 2.88. The van der Waals surface area contributed by atoms with Crippen molar-refractivity contribution in [3.05, 3.63) is 70.8 Å². The Kier molecular flexibility index (Phi) is 14.3. The fourth-order valence-electron chi connectivity index (χ4n) is 2.36. The molecular formula is C20H26Cl2SiZr-2. The Labute approximate surface area is 175 Å². The molecule has 3 rings (SSSR count). The van der Waals surface area contributed by atoms with Gasteiger partial charge < -0.3 is 24.8 Å². The summed E-state index contributed by atoms with van der Waals surface area (Å²) in [6.07, 6.45) is 0. The summed E-state index contributed by atoms with van der Waals surface area (Å²) < 4.78 is 0. The van der Waals surface area contributed by atoms with Gasteiger partial charge in [-0.2, -0.15) is 23.8 Å². The van der Waals surface area contributed by atoms with Gasteiger partial charge in [-0.3, -0.25) is 0 Å². The number of aryl methyl sites for hydroxylation is 4. The van der Waals surface area contributed by atoms with Gasteiger partial charge in [0, 0.05) is 0 Å². The molecule has 0 N–H and O–H groups in total. The van der Waals surface area contributed by atoms with Crippen molar-refractivity contribution < 1.29 is 48.1 Å². The van der Waals surface area contributed by atoms with E-state index in [2.05, 4.69) is 59.0 Å². The topological polar surface area (TPSA) is 0 Å². The third kappa shape index (κ3) is 8.30. The van der Waals surface area contributed by atoms with Crippen LogP contribution >= 0.6 is 0 Å². The smallest absolute Gasteiger partial charge is 0.0488 e. The van der Waals surface area contributed by atoms with Gasteiger partial charge in [-0.05, 0) is 6.92 Å². The van der Waals surface area contributed by atoms with E-state index in [-0.39, 0.29) is 30.2 Å². The maximum atomic E-state index is 2.31. The van der Waals surface area contributed by atoms with Gasteiger partial charge in [0.25, 0.3) is 0 Å². The molecule has 0 atom stereocenters. The molecule has 0 aromatic heterocycles. The van der Waals surface area contributed by atoms with Crippen LogP contribution in [0.3, 0.4) is 0 Å². The Hall–Kier alpha value is -0.140. The minimum Gasteiger partial charge on any atom is -1.00 e. The van der Waals surface area contributed by atoms with Crippen LogP contribution in [0.2, 0.25) is 13.1 Å². The van der Waals surface area contributed by atoms with E-state index in [1.54, 1.807) is 23.3 Å². The SMILES string of the molecule is C[Si](C)=[Zr+2].Cc1[cH-]c2c(C)ccc(C)c2c1C.[Cl-].[Cl-].c1cc[cH-]c1. The van der Waals surface area contributed by atoms with Crippen molar-refractivity contribution in [2.24, 2.45) is 0 Å². The van der Waals surface area contributed by atoms with E-state index < -0.39 is 0 Å². The first kappa shape index (κ1) is 26.1. The summed E-state index contributed by atoms with van der Waals surface area (Å²) in [5.74, 6) is 0. The van der Waals surface area contributed by atoms with Crippen LogP contribution in [0.1, 0.15) is 22.3 Å². The molecule has 0 saturated heterocycles. The molecule has 0 bridgehead atoms. The summed E-state index contributed by atoms with van der Waals surface area (Å²) in [5.41, 5.74) is 5.84. The van der Waals surface area contributed by atoms with Gasteiger partial charge in [-0.1, -0.05) is 32.4 Å². The Morgan fingerprint density at radius 2 is 1.33 bits per heavy atom. The largest absolute Gasteiger partial charge is 1.00 e. The first-order valence-electron chi connectivity index (χ1n) is 7.65. The molecule has 24 heavy (non-hydrogen) atoms. The van der Waals surface area contributed by atoms with Crippen LogP contribution < -0.4 is 24.8 Å². The van der Waals surface area contributed by atoms with Crippen LogP contribution in [-0.4, -0.2) is 5.43 Å². The van der Waals surface area contributed by atoms with Gasteiger partial charge in [0.05, 0.1) is 0 Å². The van der Waals surface area contributed by atoms with E-state index in [1.807, 2.05) is 30.3 Å². The molecule has 0 aliphatic heterocycles. The van der Waals surface area contributed by atoms with E-state index in [1.165, 1.54) is 33.0 Å². The van der Waals surface area contributed by atoms with E-state index in [0.29, 0.717) is 0 Å². The molecule has 3 aromatic rings. The van der Waals surface area contributed by atoms with Crippen molar-refractivity contribution in [2.75, 3.05) is 0 Å². The maximum Gasteiger partial charge on any atom is -0.0488 e. The molecule has 0 radical (unpaired) electrons. The summed E-state index contributed by atoms with van der Waals surface area (Å²) in [4.78, 5) is 0. The molecule has 0 amide bonds. The van der Waals surface area contributed by atoms with Gasteiger partial charge in [-0.25, -0.2) is 12.1 Å². The summed E-state index contributed by atoms with van der Waals surface area (Å²) >= 11 is 1.74. The molecule has 0 spiro atoms. The molecule has 0 aliphatic rings. The molecule has 0 aliphatic carbocycles. The van der Waals surface area contributed by atoms with Gasteiger partial charge in [0.2, 0.25) is 0 Å². The van der Waals surface area contributed by atoms with Crippen molar-refractivity contribution in [3.8, 4) is 0 Å². The summed E-state index contributed by atoms with van der Waals surface area (Å²) in [7, 11) is 0. The molecular weight excluding hydrogens is 430 g/mol. The molecule has 0 heterocycles. The molecule has 0 unspecified atom stereocenters. The summed E-state index contributed by atoms with van der Waals surface area (Å²) in [6.45, 7) is 13.4. The standard InChI is InChI=1S/C13H15.C5H5.C2H6Si.2ClH.Zr/c1-8-5-6-9(2)13-11(4)10(3)7-12(8)13;1-2-4-5-3-1;1-3-2;;;/h5-7H,1-4H3;1-5H;1-2H3;2*1H;/q2*-1;;;;+2/p-2. The number of fused-ring (bicyclic) bond motifs is 1. The Balaban J connectivity index is 0. The van der Waals surface area contributed by atoms with E-state index in [0.717, 1.165) is 0 Å². The second-order valence-corrected chi connectivity index (χ2v) is 15.3. The zero-order valence-corrected chi connectivity index (χ0v) is 20.3. The fourth-order valence-corrected chi connectivity index (χ4v) is 2.36. The quantitative estimate of drug-likeness (QED) is 0.330. The first-order valence-corrected chi connectivity index (χ1v) is 13.8. The monoisotopic (exact) mass is 454 g/mol. The zero-order chi connectivity index (χ0) is 16.7. The first-order chi connectivity index (χ1) is 10.3. The Morgan fingerprint density at radius 1 is 0.875 bits per heavy atom. The van der Waals surface area contributed by atoms with Gasteiger partial charge in [0.1, 0.15) is 0 Å². The Bertz CT molecular complexity index is 707. The summed E-state index contributed by atoms with van der Waals surface area (Å²) in [6, 6.07) is 16.7. The van der Waals surface area contributed by atoms with Gasteiger partial charge >= 0.3 is 41.9 Å². The molecule has 0 nitrogen and oxygen atoms in total. The van der Waals surface area contributed by atoms with Gasteiger partial charge in [-0.15, -0.1) is 34.0 Å². The van der Waals surface area contributed by atoms with Crippen molar-refractivity contribution in [3.63, 3.8) is 0 Å². The van der Waals surface area contributed by atoms with Crippen molar-refractivity contribution in [1.82, 2.24) is 0 Å². The van der Waals surface area contributed by atoms with Crippen LogP contribution in [0.4, 0.5) is 0 Å². The third-order valence-corrected chi connectivity index (χ3v) is 3.55. The molecule has 130 valence electrons. The van der Waals surface area contributed by atoms with E-state index >= 15 is 0 Å². The normalized spacial score (nSPS) is 8.83. The maximum absolute atomic E-state index is 2.31. The van der Waals surface area contributed by atoms with Crippen molar-refractivity contribution in [1.29, 1.82) is 0 Å². The number of hydrogen-bond acceptors (Lipinski definition) is 0. The second-order valence-electron chi connectivity index (χ2n) is 5.90. The molecule has 3 aromatic carbocycles. The zero-order valence-electron chi connectivity index (χ0n) is 15.4. The second kappa shape index (κ2) is 13.1. The number of halogens is 2. The van der Waals surface area contributed by atoms with Crippen LogP contribution in [0.25, 0.3) is 10.8 Å². The Morgan fingerprint density at radius 3 is 1.71 bits per heavy atom. The number of hydrogen-bond donors (Lipinski definition) is 0. The molecule has 4 heteroatoms. The van der Waals surface area contributed by atoms with Gasteiger partial charge in [0.15, 0.2) is 0 Å². The minimum atomic E-state index is 0. The predicted molar refractivity (Wildman–Crippen MR) is 98.0 cm³/mol. The average molecular weight is 457 g/mol. The predicted octanol–water partition coefficient (Wildman–Crippen LogP) is -0.00982. The van der Waals surface area contributed by atoms with E-state index in [4.69, 9.17) is 0 Å². The van der Waals surface area contributed by atoms with Crippen LogP contribution in [0.15, 0.2) is 48.5 Å². The molecule has 0 saturated carbocycles. The minimum absolute atomic E-state index is 0. The van der Waals surface area contributed by atoms with Crippen LogP contribution in [0, 0.1) is 27.7 Å². The fraction of sp³-hybridized carbons (Fsp3) is 0.300. The molecule has 0 fully saturated rings. The van der Waals surface area contributed by atoms with E-state index in [9.17, 15) is 0 Å². The van der Waals surface area contributed by atoms with Crippen molar-refractivity contribution in [2.45, 2.75) is 40.8 Å². The van der Waals surface area contributed by atoms with Crippen LogP contribution in [-0.2, 0) is 23.3 Å². The van der Waals surface area contributed by atoms with Crippen molar-refractivity contribution >= 4 is 16.2 Å². The third-order valence-electron chi connectivity index (χ3n) is 3.55. The number of rotatable bonds is 0. The van der Waals surface area contributed by atoms with Crippen LogP contribution in [0.5, 0.6) is 0 Å². The average Bonchev–Trinajstić information content (AvgIpc) is 3.08.